The molecule has 44 heavy (non-hydrogen) atoms. The van der Waals surface area contributed by atoms with E-state index in [1.165, 1.54) is 0 Å². The quantitative estimate of drug-likeness (QED) is 0.132. The number of ether oxygens (including phenoxy) is 4. The number of carbonyl (C=O) groups excluding carboxylic acids is 8. The standard InChI is InChI=1S/2C12H18O6.C4H6O4/c2*1-3-5-9(13)17-11(15)7-8-12(16)18-10(14)6-4-2;5-3(6)1-2-4(7)8/h2*3-8H2,1-2H3;1-2H2,(H,5,6)(H,7,8). The number of esters is 8. The maximum absolute atomic E-state index is 11.1. The van der Waals surface area contributed by atoms with Crippen molar-refractivity contribution in [1.82, 2.24) is 0 Å². The molecule has 16 heteroatoms. The number of hydrogen-bond acceptors (Lipinski definition) is 14. The SMILES string of the molecule is CCCC(=O)OC(=O)CCC(=O)OC(=O)CCC.CCCC(=O)OC(=O)CCC(=O)OC(=O)CCC.O=C(O)CCC(=O)O. The van der Waals surface area contributed by atoms with Crippen LogP contribution in [0.25, 0.3) is 0 Å². The van der Waals surface area contributed by atoms with Crippen LogP contribution in [0, 0.1) is 0 Å². The second kappa shape index (κ2) is 28.6. The molecule has 0 aliphatic carbocycles. The van der Waals surface area contributed by atoms with E-state index < -0.39 is 59.7 Å². The minimum absolute atomic E-state index is 0.158. The number of carboxylic acids is 2. The molecule has 0 saturated heterocycles. The van der Waals surface area contributed by atoms with Crippen LogP contribution < -0.4 is 0 Å². The minimum Gasteiger partial charge on any atom is -0.481 e. The van der Waals surface area contributed by atoms with Crippen LogP contribution in [0.3, 0.4) is 0 Å². The monoisotopic (exact) mass is 634 g/mol. The van der Waals surface area contributed by atoms with Gasteiger partial charge < -0.3 is 29.2 Å². The van der Waals surface area contributed by atoms with Crippen molar-refractivity contribution in [2.75, 3.05) is 0 Å². The summed E-state index contributed by atoms with van der Waals surface area (Å²) in [5.74, 6) is -7.74. The topological polar surface area (TPSA) is 248 Å². The fourth-order valence-electron chi connectivity index (χ4n) is 2.35. The van der Waals surface area contributed by atoms with Gasteiger partial charge >= 0.3 is 59.7 Å². The van der Waals surface area contributed by atoms with Crippen LogP contribution in [0.2, 0.25) is 0 Å². The Bertz CT molecular complexity index is 840. The van der Waals surface area contributed by atoms with Gasteiger partial charge in [0.05, 0.1) is 38.5 Å². The molecule has 0 radical (unpaired) electrons. The van der Waals surface area contributed by atoms with Crippen molar-refractivity contribution in [3.8, 4) is 0 Å². The van der Waals surface area contributed by atoms with E-state index in [-0.39, 0.29) is 64.2 Å². The van der Waals surface area contributed by atoms with Gasteiger partial charge in [-0.25, -0.2) is 0 Å². The van der Waals surface area contributed by atoms with E-state index in [2.05, 4.69) is 18.9 Å². The van der Waals surface area contributed by atoms with Gasteiger partial charge in [-0.1, -0.05) is 27.7 Å². The second-order valence-corrected chi connectivity index (χ2v) is 8.67. The molecule has 0 saturated carbocycles. The van der Waals surface area contributed by atoms with Gasteiger partial charge in [0.2, 0.25) is 0 Å². The van der Waals surface area contributed by atoms with E-state index >= 15 is 0 Å². The summed E-state index contributed by atoms with van der Waals surface area (Å²) in [7, 11) is 0. The summed E-state index contributed by atoms with van der Waals surface area (Å²) < 4.78 is 17.7. The predicted molar refractivity (Wildman–Crippen MR) is 147 cm³/mol. The molecule has 0 heterocycles. The summed E-state index contributed by atoms with van der Waals surface area (Å²) in [6, 6.07) is 0. The van der Waals surface area contributed by atoms with Crippen LogP contribution in [-0.2, 0) is 66.9 Å². The molecule has 0 aliphatic rings. The average Bonchev–Trinajstić information content (AvgIpc) is 2.91. The Hall–Kier alpha value is -4.50. The van der Waals surface area contributed by atoms with Crippen molar-refractivity contribution in [1.29, 1.82) is 0 Å². The fraction of sp³-hybridized carbons (Fsp3) is 0.643. The maximum Gasteiger partial charge on any atom is 0.314 e. The van der Waals surface area contributed by atoms with Gasteiger partial charge in [-0.3, -0.25) is 47.9 Å². The largest absolute Gasteiger partial charge is 0.481 e. The van der Waals surface area contributed by atoms with E-state index in [1.807, 2.05) is 0 Å². The molecule has 0 atom stereocenters. The van der Waals surface area contributed by atoms with E-state index in [0.29, 0.717) is 25.7 Å². The van der Waals surface area contributed by atoms with Crippen LogP contribution in [0.1, 0.15) is 118 Å². The van der Waals surface area contributed by atoms with Gasteiger partial charge in [0.15, 0.2) is 0 Å². The summed E-state index contributed by atoms with van der Waals surface area (Å²) >= 11 is 0. The zero-order valence-corrected chi connectivity index (χ0v) is 25.5. The minimum atomic E-state index is -1.08. The molecule has 2 N–H and O–H groups in total. The highest BCUT2D eigenvalue weighted by atomic mass is 16.6. The van der Waals surface area contributed by atoms with Gasteiger partial charge in [0, 0.05) is 25.7 Å². The zero-order valence-electron chi connectivity index (χ0n) is 25.5. The number of carboxylic acid groups (broad SMARTS) is 2. The van der Waals surface area contributed by atoms with Crippen molar-refractivity contribution in [2.24, 2.45) is 0 Å². The first-order chi connectivity index (χ1) is 20.6. The molecule has 16 nitrogen and oxygen atoms in total. The number of aliphatic carboxylic acids is 2. The first-order valence-corrected chi connectivity index (χ1v) is 14.0. The lowest BCUT2D eigenvalue weighted by Crippen LogP contribution is -2.16. The summed E-state index contributed by atoms with van der Waals surface area (Å²) in [5.41, 5.74) is 0. The van der Waals surface area contributed by atoms with Gasteiger partial charge in [-0.05, 0) is 25.7 Å². The molecule has 0 aliphatic heterocycles. The summed E-state index contributed by atoms with van der Waals surface area (Å²) in [4.78, 5) is 108. The number of carbonyl (C=O) groups is 10. The molecule has 0 amide bonds. The van der Waals surface area contributed by atoms with Crippen molar-refractivity contribution >= 4 is 59.7 Å². The van der Waals surface area contributed by atoms with Crippen molar-refractivity contribution in [3.05, 3.63) is 0 Å². The zero-order chi connectivity index (χ0) is 34.5. The summed E-state index contributed by atoms with van der Waals surface area (Å²) in [6.45, 7) is 7.12. The molecular weight excluding hydrogens is 592 g/mol. The second-order valence-electron chi connectivity index (χ2n) is 8.67. The third-order valence-corrected chi connectivity index (χ3v) is 4.35. The van der Waals surface area contributed by atoms with Crippen molar-refractivity contribution in [3.63, 3.8) is 0 Å². The highest BCUT2D eigenvalue weighted by Gasteiger charge is 2.16. The first kappa shape index (κ1) is 43.9. The van der Waals surface area contributed by atoms with Gasteiger partial charge in [-0.15, -0.1) is 0 Å². The van der Waals surface area contributed by atoms with Crippen LogP contribution in [0.5, 0.6) is 0 Å². The normalized spacial score (nSPS) is 9.45. The Labute approximate surface area is 254 Å². The van der Waals surface area contributed by atoms with Crippen LogP contribution in [0.4, 0.5) is 0 Å². The molecule has 0 aromatic heterocycles. The lowest BCUT2D eigenvalue weighted by Gasteiger charge is -2.02. The van der Waals surface area contributed by atoms with E-state index in [9.17, 15) is 47.9 Å². The van der Waals surface area contributed by atoms with E-state index in [1.54, 1.807) is 27.7 Å². The van der Waals surface area contributed by atoms with E-state index in [4.69, 9.17) is 10.2 Å². The Balaban J connectivity index is -0.000000616. The van der Waals surface area contributed by atoms with E-state index in [0.717, 1.165) is 0 Å². The number of hydrogen-bond donors (Lipinski definition) is 2. The lowest BCUT2D eigenvalue weighted by atomic mass is 10.3. The molecule has 0 aromatic carbocycles. The van der Waals surface area contributed by atoms with Crippen molar-refractivity contribution < 1.29 is 77.1 Å². The maximum atomic E-state index is 11.1. The Morgan fingerprint density at radius 1 is 0.318 bits per heavy atom. The van der Waals surface area contributed by atoms with Gasteiger partial charge in [-0.2, -0.15) is 0 Å². The van der Waals surface area contributed by atoms with Crippen LogP contribution in [0.15, 0.2) is 0 Å². The fourth-order valence-corrected chi connectivity index (χ4v) is 2.35. The van der Waals surface area contributed by atoms with Crippen LogP contribution in [-0.4, -0.2) is 69.9 Å². The molecule has 0 spiro atoms. The number of rotatable bonds is 17. The Kier molecular flexibility index (Phi) is 28.6. The molecule has 0 aromatic rings. The smallest absolute Gasteiger partial charge is 0.314 e. The molecule has 250 valence electrons. The first-order valence-electron chi connectivity index (χ1n) is 14.0. The third kappa shape index (κ3) is 33.7. The lowest BCUT2D eigenvalue weighted by molar-refractivity contribution is -0.165. The molecule has 0 unspecified atom stereocenters. The van der Waals surface area contributed by atoms with Gasteiger partial charge in [0.1, 0.15) is 0 Å². The highest BCUT2D eigenvalue weighted by Crippen LogP contribution is 2.02. The van der Waals surface area contributed by atoms with Crippen LogP contribution >= 0.6 is 0 Å². The van der Waals surface area contributed by atoms with Gasteiger partial charge in [0.25, 0.3) is 0 Å². The molecule has 0 rings (SSSR count). The molecule has 0 fully saturated rings. The Morgan fingerprint density at radius 3 is 0.614 bits per heavy atom. The summed E-state index contributed by atoms with van der Waals surface area (Å²) in [6.07, 6.45) is 1.29. The Morgan fingerprint density at radius 2 is 0.477 bits per heavy atom. The van der Waals surface area contributed by atoms with Crippen molar-refractivity contribution in [2.45, 2.75) is 118 Å². The molecule has 0 bridgehead atoms. The average molecular weight is 635 g/mol. The predicted octanol–water partition coefficient (Wildman–Crippen LogP) is 2.95. The highest BCUT2D eigenvalue weighted by molar-refractivity contribution is 5.90. The third-order valence-electron chi connectivity index (χ3n) is 4.35. The summed E-state index contributed by atoms with van der Waals surface area (Å²) in [5, 5.41) is 15.8. The molecular formula is C28H42O16.